The Kier molecular flexibility index (Phi) is 5.27. The van der Waals surface area contributed by atoms with Crippen molar-refractivity contribution in [3.63, 3.8) is 0 Å². The lowest BCUT2D eigenvalue weighted by Gasteiger charge is -2.31. The molecule has 0 saturated heterocycles. The smallest absolute Gasteiger partial charge is 0.220 e. The number of nitrogens with two attached hydrogens (primary N) is 1. The lowest BCUT2D eigenvalue weighted by molar-refractivity contribution is -0.122. The van der Waals surface area contributed by atoms with Crippen molar-refractivity contribution in [1.29, 1.82) is 0 Å². The largest absolute Gasteiger partial charge is 0.350 e. The second kappa shape index (κ2) is 6.49. The number of nitrogens with one attached hydrogen (secondary N) is 2. The van der Waals surface area contributed by atoms with Crippen molar-refractivity contribution in [2.24, 2.45) is 11.7 Å². The zero-order chi connectivity index (χ0) is 13.6. The Hall–Kier alpha value is -1.43. The van der Waals surface area contributed by atoms with Gasteiger partial charge >= 0.3 is 0 Å². The molecule has 1 heterocycles. The minimum Gasteiger partial charge on any atom is -0.350 e. The summed E-state index contributed by atoms with van der Waals surface area (Å²) in [5.74, 6) is 1.22. The third-order valence-electron chi connectivity index (χ3n) is 2.80. The molecule has 0 aromatic carbocycles. The van der Waals surface area contributed by atoms with E-state index < -0.39 is 0 Å². The zero-order valence-electron chi connectivity index (χ0n) is 11.4. The summed E-state index contributed by atoms with van der Waals surface area (Å²) >= 11 is 0. The molecule has 4 N–H and O–H groups in total. The van der Waals surface area contributed by atoms with Gasteiger partial charge < -0.3 is 11.1 Å². The van der Waals surface area contributed by atoms with E-state index >= 15 is 0 Å². The van der Waals surface area contributed by atoms with Gasteiger partial charge in [-0.1, -0.05) is 13.8 Å². The Morgan fingerprint density at radius 2 is 2.33 bits per heavy atom. The van der Waals surface area contributed by atoms with Crippen molar-refractivity contribution in [2.45, 2.75) is 45.6 Å². The molecule has 0 fully saturated rings. The van der Waals surface area contributed by atoms with Crippen LogP contribution in [0.2, 0.25) is 0 Å². The summed E-state index contributed by atoms with van der Waals surface area (Å²) < 4.78 is 0. The third-order valence-corrected chi connectivity index (χ3v) is 2.80. The first-order valence-corrected chi connectivity index (χ1v) is 6.30. The average Bonchev–Trinajstić information content (AvgIpc) is 2.78. The Morgan fingerprint density at radius 1 is 1.61 bits per heavy atom. The van der Waals surface area contributed by atoms with Crippen LogP contribution in [0.4, 0.5) is 0 Å². The summed E-state index contributed by atoms with van der Waals surface area (Å²) in [4.78, 5) is 15.8. The Balaban J connectivity index is 2.42. The average molecular weight is 253 g/mol. The number of carbonyl (C=O) groups is 1. The fourth-order valence-electron chi connectivity index (χ4n) is 2.07. The van der Waals surface area contributed by atoms with Gasteiger partial charge in [0.25, 0.3) is 0 Å². The molecule has 1 atom stereocenters. The molecule has 1 amide bonds. The second-order valence-electron chi connectivity index (χ2n) is 5.34. The van der Waals surface area contributed by atoms with Crippen LogP contribution in [-0.4, -0.2) is 33.2 Å². The Morgan fingerprint density at radius 3 is 2.83 bits per heavy atom. The highest BCUT2D eigenvalue weighted by molar-refractivity contribution is 5.76. The van der Waals surface area contributed by atoms with Gasteiger partial charge in [-0.3, -0.25) is 9.89 Å². The van der Waals surface area contributed by atoms with E-state index in [1.54, 1.807) is 0 Å². The Labute approximate surface area is 108 Å². The van der Waals surface area contributed by atoms with Crippen molar-refractivity contribution in [3.8, 4) is 0 Å². The van der Waals surface area contributed by atoms with E-state index in [4.69, 9.17) is 5.73 Å². The zero-order valence-corrected chi connectivity index (χ0v) is 11.4. The third kappa shape index (κ3) is 4.83. The standard InChI is InChI=1S/C12H23N5O/c1-9(2)6-12(3,7-13)16-11(18)5-4-10-14-8-15-17-10/h8-9H,4-7,13H2,1-3H3,(H,16,18)(H,14,15,17). The molecule has 1 aromatic heterocycles. The van der Waals surface area contributed by atoms with Crippen LogP contribution in [0.3, 0.4) is 0 Å². The fourth-order valence-corrected chi connectivity index (χ4v) is 2.07. The van der Waals surface area contributed by atoms with E-state index in [0.717, 1.165) is 12.2 Å². The summed E-state index contributed by atoms with van der Waals surface area (Å²) in [6.45, 7) is 6.67. The number of H-pyrrole nitrogens is 1. The molecule has 0 radical (unpaired) electrons. The summed E-state index contributed by atoms with van der Waals surface area (Å²) in [5, 5.41) is 9.49. The van der Waals surface area contributed by atoms with Gasteiger partial charge in [-0.2, -0.15) is 5.10 Å². The maximum atomic E-state index is 11.9. The highest BCUT2D eigenvalue weighted by Crippen LogP contribution is 2.15. The number of hydrogen-bond acceptors (Lipinski definition) is 4. The predicted octanol–water partition coefficient (Wildman–Crippen LogP) is 0.617. The predicted molar refractivity (Wildman–Crippen MR) is 69.8 cm³/mol. The molecule has 1 unspecified atom stereocenters. The van der Waals surface area contributed by atoms with E-state index in [-0.39, 0.29) is 11.4 Å². The highest BCUT2D eigenvalue weighted by Gasteiger charge is 2.25. The van der Waals surface area contributed by atoms with Crippen LogP contribution in [0, 0.1) is 5.92 Å². The molecule has 0 saturated carbocycles. The molecule has 6 heteroatoms. The number of aromatic amines is 1. The molecule has 6 nitrogen and oxygen atoms in total. The fraction of sp³-hybridized carbons (Fsp3) is 0.750. The molecule has 1 aromatic rings. The molecule has 0 bridgehead atoms. The van der Waals surface area contributed by atoms with E-state index in [1.807, 2.05) is 6.92 Å². The number of aryl methyl sites for hydroxylation is 1. The molecular weight excluding hydrogens is 230 g/mol. The van der Waals surface area contributed by atoms with Crippen molar-refractivity contribution in [1.82, 2.24) is 20.5 Å². The van der Waals surface area contributed by atoms with E-state index in [2.05, 4.69) is 34.3 Å². The van der Waals surface area contributed by atoms with Crippen molar-refractivity contribution < 1.29 is 4.79 Å². The van der Waals surface area contributed by atoms with Gasteiger partial charge in [-0.25, -0.2) is 4.98 Å². The lowest BCUT2D eigenvalue weighted by atomic mass is 9.90. The van der Waals surface area contributed by atoms with Crippen LogP contribution in [0.1, 0.15) is 39.4 Å². The van der Waals surface area contributed by atoms with Crippen LogP contribution in [0.15, 0.2) is 6.33 Å². The maximum Gasteiger partial charge on any atom is 0.220 e. The number of hydrogen-bond donors (Lipinski definition) is 3. The van der Waals surface area contributed by atoms with Crippen LogP contribution < -0.4 is 11.1 Å². The van der Waals surface area contributed by atoms with Crippen molar-refractivity contribution in [3.05, 3.63) is 12.2 Å². The molecule has 0 spiro atoms. The van der Waals surface area contributed by atoms with Gasteiger partial charge in [-0.05, 0) is 19.3 Å². The second-order valence-corrected chi connectivity index (χ2v) is 5.34. The molecular formula is C12H23N5O. The van der Waals surface area contributed by atoms with Gasteiger partial charge in [0.2, 0.25) is 5.91 Å². The topological polar surface area (TPSA) is 96.7 Å². The molecule has 0 aliphatic heterocycles. The van der Waals surface area contributed by atoms with Crippen LogP contribution in [-0.2, 0) is 11.2 Å². The maximum absolute atomic E-state index is 11.9. The highest BCUT2D eigenvalue weighted by atomic mass is 16.1. The van der Waals surface area contributed by atoms with Crippen molar-refractivity contribution >= 4 is 5.91 Å². The van der Waals surface area contributed by atoms with E-state index in [1.165, 1.54) is 6.33 Å². The minimum atomic E-state index is -0.327. The monoisotopic (exact) mass is 253 g/mol. The first-order chi connectivity index (χ1) is 8.45. The normalized spacial score (nSPS) is 14.5. The van der Waals surface area contributed by atoms with Crippen LogP contribution >= 0.6 is 0 Å². The molecule has 18 heavy (non-hydrogen) atoms. The summed E-state index contributed by atoms with van der Waals surface area (Å²) in [6.07, 6.45) is 3.27. The van der Waals surface area contributed by atoms with Crippen LogP contribution in [0.25, 0.3) is 0 Å². The number of nitrogens with zero attached hydrogens (tertiary/aromatic N) is 2. The van der Waals surface area contributed by atoms with Crippen molar-refractivity contribution in [2.75, 3.05) is 6.54 Å². The number of rotatable bonds is 7. The number of amides is 1. The molecule has 1 rings (SSSR count). The van der Waals surface area contributed by atoms with Gasteiger partial charge in [0.05, 0.1) is 0 Å². The molecule has 0 aliphatic rings. The molecule has 102 valence electrons. The Bertz CT molecular complexity index is 363. The summed E-state index contributed by atoms with van der Waals surface area (Å²) in [6, 6.07) is 0. The molecule has 0 aliphatic carbocycles. The van der Waals surface area contributed by atoms with Gasteiger partial charge in [0, 0.05) is 24.9 Å². The van der Waals surface area contributed by atoms with Gasteiger partial charge in [0.15, 0.2) is 0 Å². The minimum absolute atomic E-state index is 0.000000000000000444. The first-order valence-electron chi connectivity index (χ1n) is 6.30. The summed E-state index contributed by atoms with van der Waals surface area (Å²) in [7, 11) is 0. The van der Waals surface area contributed by atoms with E-state index in [0.29, 0.717) is 25.3 Å². The van der Waals surface area contributed by atoms with Gasteiger partial charge in [-0.15, -0.1) is 0 Å². The lowest BCUT2D eigenvalue weighted by Crippen LogP contribution is -2.52. The SMILES string of the molecule is CC(C)CC(C)(CN)NC(=O)CCc1ncn[nH]1. The van der Waals surface area contributed by atoms with Gasteiger partial charge in [0.1, 0.15) is 12.2 Å². The quantitative estimate of drug-likeness (QED) is 0.663. The summed E-state index contributed by atoms with van der Waals surface area (Å²) in [5.41, 5.74) is 5.42. The van der Waals surface area contributed by atoms with Crippen LogP contribution in [0.5, 0.6) is 0 Å². The number of carbonyl (C=O) groups excluding carboxylic acids is 1. The first kappa shape index (κ1) is 14.6. The van der Waals surface area contributed by atoms with E-state index in [9.17, 15) is 4.79 Å². The number of aromatic nitrogens is 3.